The summed E-state index contributed by atoms with van der Waals surface area (Å²) in [5, 5.41) is 1.62. The van der Waals surface area contributed by atoms with E-state index < -0.39 is 0 Å². The fraction of sp³-hybridized carbons (Fsp3) is 0.200. The highest BCUT2D eigenvalue weighted by atomic mass is 35.5. The Bertz CT molecular complexity index is 482. The molecular formula is C10H10ClN3. The maximum atomic E-state index is 6.03. The van der Waals surface area contributed by atoms with E-state index in [0.717, 1.165) is 16.6 Å². The van der Waals surface area contributed by atoms with Gasteiger partial charge in [-0.2, -0.15) is 0 Å². The smallest absolute Gasteiger partial charge is 0.142 e. The molecule has 0 bridgehead atoms. The van der Waals surface area contributed by atoms with E-state index in [0.29, 0.717) is 17.4 Å². The Morgan fingerprint density at radius 2 is 2.14 bits per heavy atom. The van der Waals surface area contributed by atoms with Crippen molar-refractivity contribution in [3.8, 4) is 0 Å². The largest absolute Gasteiger partial charge is 0.324 e. The molecule has 2 N–H and O–H groups in total. The van der Waals surface area contributed by atoms with Gasteiger partial charge in [-0.3, -0.25) is 0 Å². The standard InChI is InChI=1S/C10H10ClN3/c1-6-7-3-2-4-8(11)10(7)14-9(5-12)13-6/h2-4H,5,12H2,1H3. The zero-order valence-electron chi connectivity index (χ0n) is 7.79. The van der Waals surface area contributed by atoms with Crippen LogP contribution in [0.2, 0.25) is 5.02 Å². The first-order chi connectivity index (χ1) is 6.72. The maximum Gasteiger partial charge on any atom is 0.142 e. The Morgan fingerprint density at radius 1 is 1.36 bits per heavy atom. The Hall–Kier alpha value is -1.19. The maximum absolute atomic E-state index is 6.03. The molecule has 0 spiro atoms. The van der Waals surface area contributed by atoms with Crippen LogP contribution in [-0.2, 0) is 6.54 Å². The molecule has 4 heteroatoms. The van der Waals surface area contributed by atoms with E-state index in [-0.39, 0.29) is 0 Å². The first-order valence-corrected chi connectivity index (χ1v) is 4.72. The summed E-state index contributed by atoms with van der Waals surface area (Å²) < 4.78 is 0. The molecule has 2 rings (SSSR count). The molecule has 0 amide bonds. The molecule has 0 aliphatic rings. The number of nitrogens with zero attached hydrogens (tertiary/aromatic N) is 2. The van der Waals surface area contributed by atoms with Crippen molar-refractivity contribution in [3.05, 3.63) is 34.7 Å². The normalized spacial score (nSPS) is 10.8. The molecule has 0 atom stereocenters. The van der Waals surface area contributed by atoms with Crippen molar-refractivity contribution in [2.75, 3.05) is 0 Å². The van der Waals surface area contributed by atoms with Gasteiger partial charge in [-0.15, -0.1) is 0 Å². The van der Waals surface area contributed by atoms with Crippen molar-refractivity contribution < 1.29 is 0 Å². The number of hydrogen-bond acceptors (Lipinski definition) is 3. The highest BCUT2D eigenvalue weighted by Crippen LogP contribution is 2.22. The molecule has 0 aliphatic carbocycles. The zero-order valence-corrected chi connectivity index (χ0v) is 8.54. The SMILES string of the molecule is Cc1nc(CN)nc2c(Cl)cccc12. The van der Waals surface area contributed by atoms with Crippen LogP contribution in [0.15, 0.2) is 18.2 Å². The predicted octanol–water partition coefficient (Wildman–Crippen LogP) is 2.05. The van der Waals surface area contributed by atoms with E-state index in [1.165, 1.54) is 0 Å². The first kappa shape index (κ1) is 9.37. The third kappa shape index (κ3) is 1.45. The van der Waals surface area contributed by atoms with Gasteiger partial charge in [-0.1, -0.05) is 23.7 Å². The highest BCUT2D eigenvalue weighted by Gasteiger charge is 2.05. The van der Waals surface area contributed by atoms with Crippen LogP contribution in [-0.4, -0.2) is 9.97 Å². The van der Waals surface area contributed by atoms with Gasteiger partial charge < -0.3 is 5.73 Å². The number of para-hydroxylation sites is 1. The molecule has 1 aromatic carbocycles. The molecule has 2 aromatic rings. The van der Waals surface area contributed by atoms with Crippen LogP contribution in [0.5, 0.6) is 0 Å². The van der Waals surface area contributed by atoms with E-state index in [9.17, 15) is 0 Å². The Balaban J connectivity index is 2.83. The molecule has 1 aromatic heterocycles. The predicted molar refractivity (Wildman–Crippen MR) is 57.2 cm³/mol. The van der Waals surface area contributed by atoms with Gasteiger partial charge in [-0.05, 0) is 13.0 Å². The number of fused-ring (bicyclic) bond motifs is 1. The summed E-state index contributed by atoms with van der Waals surface area (Å²) in [5.74, 6) is 0.628. The molecule has 0 aliphatic heterocycles. The second-order valence-electron chi connectivity index (χ2n) is 3.07. The lowest BCUT2D eigenvalue weighted by Gasteiger charge is -2.04. The number of benzene rings is 1. The number of halogens is 1. The summed E-state index contributed by atoms with van der Waals surface area (Å²) >= 11 is 6.03. The summed E-state index contributed by atoms with van der Waals surface area (Å²) in [4.78, 5) is 8.55. The minimum atomic E-state index is 0.335. The fourth-order valence-electron chi connectivity index (χ4n) is 1.42. The van der Waals surface area contributed by atoms with Crippen LogP contribution in [0.1, 0.15) is 11.5 Å². The average molecular weight is 208 g/mol. The summed E-state index contributed by atoms with van der Waals surface area (Å²) in [6.07, 6.45) is 0. The summed E-state index contributed by atoms with van der Waals surface area (Å²) in [5.41, 5.74) is 7.19. The third-order valence-corrected chi connectivity index (χ3v) is 2.40. The Labute approximate surface area is 86.9 Å². The molecule has 0 fully saturated rings. The minimum Gasteiger partial charge on any atom is -0.324 e. The number of nitrogens with two attached hydrogens (primary N) is 1. The van der Waals surface area contributed by atoms with Crippen molar-refractivity contribution in [1.29, 1.82) is 0 Å². The molecule has 0 radical (unpaired) electrons. The van der Waals surface area contributed by atoms with Gasteiger partial charge in [0, 0.05) is 11.1 Å². The summed E-state index contributed by atoms with van der Waals surface area (Å²) in [6, 6.07) is 5.66. The van der Waals surface area contributed by atoms with Crippen molar-refractivity contribution in [3.63, 3.8) is 0 Å². The quantitative estimate of drug-likeness (QED) is 0.779. The molecule has 72 valence electrons. The van der Waals surface area contributed by atoms with Gasteiger partial charge in [0.2, 0.25) is 0 Å². The lowest BCUT2D eigenvalue weighted by molar-refractivity contribution is 0.911. The summed E-state index contributed by atoms with van der Waals surface area (Å²) in [7, 11) is 0. The number of aryl methyl sites for hydroxylation is 1. The summed E-state index contributed by atoms with van der Waals surface area (Å²) in [6.45, 7) is 2.27. The van der Waals surface area contributed by atoms with Gasteiger partial charge in [0.1, 0.15) is 5.82 Å². The molecule has 0 saturated heterocycles. The van der Waals surface area contributed by atoms with Crippen LogP contribution in [0.4, 0.5) is 0 Å². The lowest BCUT2D eigenvalue weighted by atomic mass is 10.2. The molecule has 1 heterocycles. The van der Waals surface area contributed by atoms with Crippen molar-refractivity contribution in [2.45, 2.75) is 13.5 Å². The van der Waals surface area contributed by atoms with Gasteiger partial charge in [0.05, 0.1) is 17.1 Å². The van der Waals surface area contributed by atoms with E-state index in [1.54, 1.807) is 0 Å². The molecular weight excluding hydrogens is 198 g/mol. The van der Waals surface area contributed by atoms with Gasteiger partial charge in [0.15, 0.2) is 0 Å². The average Bonchev–Trinajstić information content (AvgIpc) is 2.19. The Kier molecular flexibility index (Phi) is 2.35. The van der Waals surface area contributed by atoms with Gasteiger partial charge in [-0.25, -0.2) is 9.97 Å². The minimum absolute atomic E-state index is 0.335. The van der Waals surface area contributed by atoms with Crippen LogP contribution >= 0.6 is 11.6 Å². The van der Waals surface area contributed by atoms with Crippen LogP contribution in [0, 0.1) is 6.92 Å². The number of rotatable bonds is 1. The fourth-order valence-corrected chi connectivity index (χ4v) is 1.64. The first-order valence-electron chi connectivity index (χ1n) is 4.34. The third-order valence-electron chi connectivity index (χ3n) is 2.10. The number of hydrogen-bond donors (Lipinski definition) is 1. The second-order valence-corrected chi connectivity index (χ2v) is 3.47. The Morgan fingerprint density at radius 3 is 2.86 bits per heavy atom. The van der Waals surface area contributed by atoms with Crippen molar-refractivity contribution in [2.24, 2.45) is 5.73 Å². The van der Waals surface area contributed by atoms with Crippen molar-refractivity contribution >= 4 is 22.5 Å². The van der Waals surface area contributed by atoms with E-state index in [4.69, 9.17) is 17.3 Å². The molecule has 3 nitrogen and oxygen atoms in total. The van der Waals surface area contributed by atoms with E-state index in [2.05, 4.69) is 9.97 Å². The van der Waals surface area contributed by atoms with Crippen LogP contribution in [0.25, 0.3) is 10.9 Å². The van der Waals surface area contributed by atoms with Gasteiger partial charge in [0.25, 0.3) is 0 Å². The van der Waals surface area contributed by atoms with Crippen molar-refractivity contribution in [1.82, 2.24) is 9.97 Å². The lowest BCUT2D eigenvalue weighted by Crippen LogP contribution is -2.04. The van der Waals surface area contributed by atoms with E-state index in [1.807, 2.05) is 25.1 Å². The zero-order chi connectivity index (χ0) is 10.1. The van der Waals surface area contributed by atoms with Gasteiger partial charge >= 0.3 is 0 Å². The molecule has 0 saturated carbocycles. The molecule has 14 heavy (non-hydrogen) atoms. The highest BCUT2D eigenvalue weighted by molar-refractivity contribution is 6.35. The second kappa shape index (κ2) is 3.52. The van der Waals surface area contributed by atoms with Crippen LogP contribution < -0.4 is 5.73 Å². The topological polar surface area (TPSA) is 51.8 Å². The van der Waals surface area contributed by atoms with Crippen LogP contribution in [0.3, 0.4) is 0 Å². The number of aromatic nitrogens is 2. The molecule has 0 unspecified atom stereocenters. The van der Waals surface area contributed by atoms with E-state index >= 15 is 0 Å². The monoisotopic (exact) mass is 207 g/mol.